The molecule has 1 saturated heterocycles. The molecule has 1 aliphatic heterocycles. The lowest BCUT2D eigenvalue weighted by molar-refractivity contribution is -0.155. The van der Waals surface area contributed by atoms with Crippen LogP contribution in [0, 0.1) is 0 Å². The molecule has 112 valence electrons. The average Bonchev–Trinajstić information content (AvgIpc) is 2.88. The van der Waals surface area contributed by atoms with E-state index < -0.39 is 34.6 Å². The second-order valence-corrected chi connectivity index (χ2v) is 4.64. The van der Waals surface area contributed by atoms with Crippen molar-refractivity contribution in [2.75, 3.05) is 0 Å². The molecule has 1 aliphatic rings. The second-order valence-electron chi connectivity index (χ2n) is 4.64. The topological polar surface area (TPSA) is 144 Å². The molecule has 0 bridgehead atoms. The lowest BCUT2D eigenvalue weighted by Crippen LogP contribution is -2.65. The van der Waals surface area contributed by atoms with Crippen LogP contribution in [0.1, 0.15) is 5.56 Å². The zero-order valence-electron chi connectivity index (χ0n) is 11.0. The first-order valence-corrected chi connectivity index (χ1v) is 6.20. The average molecular weight is 302 g/mol. The van der Waals surface area contributed by atoms with E-state index in [9.17, 15) is 24.3 Å². The zero-order valence-corrected chi connectivity index (χ0v) is 11.0. The number of nitrogens with one attached hydrogen (secondary N) is 4. The second kappa shape index (κ2) is 4.67. The Kier molecular flexibility index (Phi) is 2.92. The molecule has 9 heteroatoms. The Morgan fingerprint density at radius 1 is 0.864 bits per heavy atom. The van der Waals surface area contributed by atoms with Gasteiger partial charge in [0.2, 0.25) is 0 Å². The Labute approximate surface area is 122 Å². The smallest absolute Gasteiger partial charge is 0.328 e. The maximum absolute atomic E-state index is 12.0. The number of carbonyl (C=O) groups excluding carboxylic acids is 3. The number of H-pyrrole nitrogens is 2. The minimum atomic E-state index is -2.81. The van der Waals surface area contributed by atoms with Crippen molar-refractivity contribution in [1.29, 1.82) is 0 Å². The van der Waals surface area contributed by atoms with Gasteiger partial charge in [0.1, 0.15) is 0 Å². The maximum atomic E-state index is 12.0. The van der Waals surface area contributed by atoms with E-state index in [-0.39, 0.29) is 5.69 Å². The molecule has 0 atom stereocenters. The molecule has 4 amide bonds. The van der Waals surface area contributed by atoms with Gasteiger partial charge in [-0.15, -0.1) is 0 Å². The summed E-state index contributed by atoms with van der Waals surface area (Å²) in [7, 11) is 0. The Hall–Kier alpha value is -3.20. The van der Waals surface area contributed by atoms with E-state index in [2.05, 4.69) is 10.2 Å². The highest BCUT2D eigenvalue weighted by molar-refractivity contribution is 6.22. The first kappa shape index (κ1) is 13.8. The maximum Gasteiger partial charge on any atom is 0.328 e. The number of aromatic amines is 2. The first-order chi connectivity index (χ1) is 10.4. The van der Waals surface area contributed by atoms with Gasteiger partial charge in [-0.25, -0.2) is 4.79 Å². The number of benzene rings is 1. The van der Waals surface area contributed by atoms with Crippen molar-refractivity contribution < 1.29 is 19.5 Å². The fourth-order valence-corrected chi connectivity index (χ4v) is 2.27. The summed E-state index contributed by atoms with van der Waals surface area (Å²) in [5.41, 5.74) is -3.59. The molecule has 0 unspecified atom stereocenters. The molecule has 0 radical (unpaired) electrons. The molecule has 2 heterocycles. The van der Waals surface area contributed by atoms with E-state index >= 15 is 0 Å². The third-order valence-corrected chi connectivity index (χ3v) is 3.31. The highest BCUT2D eigenvalue weighted by Gasteiger charge is 2.54. The van der Waals surface area contributed by atoms with Crippen LogP contribution < -0.4 is 16.2 Å². The summed E-state index contributed by atoms with van der Waals surface area (Å²) in [5.74, 6) is -2.58. The number of amides is 4. The summed E-state index contributed by atoms with van der Waals surface area (Å²) in [6.45, 7) is 0. The van der Waals surface area contributed by atoms with Gasteiger partial charge in [-0.05, 0) is 0 Å². The van der Waals surface area contributed by atoms with Crippen LogP contribution in [-0.2, 0) is 15.2 Å². The largest absolute Gasteiger partial charge is 0.368 e. The Bertz CT molecular complexity index is 816. The predicted octanol–water partition coefficient (Wildman–Crippen LogP) is -1.08. The van der Waals surface area contributed by atoms with Crippen molar-refractivity contribution in [3.63, 3.8) is 0 Å². The number of aromatic nitrogens is 2. The number of urea groups is 1. The standard InChI is InChI=1S/C13H10N4O5/c18-9-7(8(16-17-9)6-4-2-1-3-5-6)13(22)10(19)14-12(21)15-11(13)20/h1-5,22H,(H2,16,17,18)(H2,14,15,19,20,21). The molecular weight excluding hydrogens is 292 g/mol. The van der Waals surface area contributed by atoms with Gasteiger partial charge in [0.15, 0.2) is 0 Å². The van der Waals surface area contributed by atoms with Gasteiger partial charge in [0.25, 0.3) is 23.0 Å². The molecule has 22 heavy (non-hydrogen) atoms. The Balaban J connectivity index is 2.22. The van der Waals surface area contributed by atoms with Gasteiger partial charge in [0, 0.05) is 5.56 Å². The van der Waals surface area contributed by atoms with Crippen LogP contribution in [0.5, 0.6) is 0 Å². The lowest BCUT2D eigenvalue weighted by atomic mass is 9.89. The minimum absolute atomic E-state index is 0.0766. The third kappa shape index (κ3) is 1.84. The van der Waals surface area contributed by atoms with Crippen molar-refractivity contribution in [3.05, 3.63) is 46.2 Å². The summed E-state index contributed by atoms with van der Waals surface area (Å²) in [6, 6.07) is 7.28. The highest BCUT2D eigenvalue weighted by atomic mass is 16.3. The van der Waals surface area contributed by atoms with E-state index in [1.807, 2.05) is 0 Å². The van der Waals surface area contributed by atoms with Gasteiger partial charge in [0.05, 0.1) is 11.3 Å². The predicted molar refractivity (Wildman–Crippen MR) is 72.4 cm³/mol. The van der Waals surface area contributed by atoms with E-state index in [4.69, 9.17) is 0 Å². The van der Waals surface area contributed by atoms with Crippen molar-refractivity contribution >= 4 is 17.8 Å². The molecule has 2 aromatic rings. The van der Waals surface area contributed by atoms with Crippen LogP contribution in [-0.4, -0.2) is 33.1 Å². The number of aliphatic hydroxyl groups is 1. The SMILES string of the molecule is O=C1NC(=O)C(O)(c2c(-c3ccccc3)[nH][nH]c2=O)C(=O)N1. The number of rotatable bonds is 2. The van der Waals surface area contributed by atoms with Crippen LogP contribution in [0.25, 0.3) is 11.3 Å². The molecule has 1 aromatic heterocycles. The normalized spacial score (nSPS) is 17.0. The van der Waals surface area contributed by atoms with E-state index in [1.165, 1.54) is 0 Å². The van der Waals surface area contributed by atoms with E-state index in [0.717, 1.165) is 0 Å². The van der Waals surface area contributed by atoms with Crippen molar-refractivity contribution in [1.82, 2.24) is 20.8 Å². The number of hydrogen-bond acceptors (Lipinski definition) is 5. The van der Waals surface area contributed by atoms with Crippen molar-refractivity contribution in [2.45, 2.75) is 5.60 Å². The van der Waals surface area contributed by atoms with Crippen molar-refractivity contribution in [3.8, 4) is 11.3 Å². The zero-order chi connectivity index (χ0) is 15.9. The molecule has 0 aliphatic carbocycles. The summed E-state index contributed by atoms with van der Waals surface area (Å²) in [5, 5.41) is 18.8. The van der Waals surface area contributed by atoms with E-state index in [0.29, 0.717) is 5.56 Å². The summed E-state index contributed by atoms with van der Waals surface area (Å²) >= 11 is 0. The molecule has 0 spiro atoms. The van der Waals surface area contributed by atoms with Gasteiger partial charge < -0.3 is 5.11 Å². The molecule has 1 aromatic carbocycles. The monoisotopic (exact) mass is 302 g/mol. The summed E-state index contributed by atoms with van der Waals surface area (Å²) in [4.78, 5) is 47.0. The molecule has 9 nitrogen and oxygen atoms in total. The number of imide groups is 2. The van der Waals surface area contributed by atoms with Gasteiger partial charge >= 0.3 is 6.03 Å². The van der Waals surface area contributed by atoms with Gasteiger partial charge in [-0.3, -0.25) is 35.2 Å². The minimum Gasteiger partial charge on any atom is -0.368 e. The van der Waals surface area contributed by atoms with Crippen LogP contribution in [0.2, 0.25) is 0 Å². The molecule has 1 fully saturated rings. The summed E-state index contributed by atoms with van der Waals surface area (Å²) < 4.78 is 0. The van der Waals surface area contributed by atoms with E-state index in [1.54, 1.807) is 41.0 Å². The summed E-state index contributed by atoms with van der Waals surface area (Å²) in [6.07, 6.45) is 0. The number of barbiturate groups is 1. The highest BCUT2D eigenvalue weighted by Crippen LogP contribution is 2.29. The fraction of sp³-hybridized carbons (Fsp3) is 0.0769. The van der Waals surface area contributed by atoms with Crippen LogP contribution in [0.3, 0.4) is 0 Å². The van der Waals surface area contributed by atoms with Gasteiger partial charge in [-0.1, -0.05) is 30.3 Å². The molecule has 5 N–H and O–H groups in total. The molecule has 0 saturated carbocycles. The first-order valence-electron chi connectivity index (χ1n) is 6.20. The number of carbonyl (C=O) groups is 3. The third-order valence-electron chi connectivity index (χ3n) is 3.31. The van der Waals surface area contributed by atoms with Crippen molar-refractivity contribution in [2.24, 2.45) is 0 Å². The Morgan fingerprint density at radius 2 is 1.45 bits per heavy atom. The fourth-order valence-electron chi connectivity index (χ4n) is 2.27. The quantitative estimate of drug-likeness (QED) is 0.448. The number of hydrogen-bond donors (Lipinski definition) is 5. The van der Waals surface area contributed by atoms with Crippen LogP contribution in [0.4, 0.5) is 4.79 Å². The Morgan fingerprint density at radius 3 is 2.05 bits per heavy atom. The van der Waals surface area contributed by atoms with Gasteiger partial charge in [-0.2, -0.15) is 0 Å². The van der Waals surface area contributed by atoms with Crippen LogP contribution in [0.15, 0.2) is 35.1 Å². The molecular formula is C13H10N4O5. The lowest BCUT2D eigenvalue weighted by Gasteiger charge is -2.28. The van der Waals surface area contributed by atoms with Crippen LogP contribution >= 0.6 is 0 Å². The molecule has 3 rings (SSSR count).